The minimum Gasteiger partial charge on any atom is -0.268 e. The maximum Gasteiger partial charge on any atom is 0.268 e. The molecule has 8 heteroatoms. The molecule has 4 heterocycles. The highest BCUT2D eigenvalue weighted by Gasteiger charge is 2.18. The van der Waals surface area contributed by atoms with E-state index in [0.29, 0.717) is 22.7 Å². The number of rotatable bonds is 3. The summed E-state index contributed by atoms with van der Waals surface area (Å²) in [5, 5.41) is 12.0. The summed E-state index contributed by atoms with van der Waals surface area (Å²) in [6, 6.07) is 11.9. The standard InChI is InChI=1S/C20H17N7O/c1-3-15-17(13-7-5-4-6-8-13)18-21-11-14-16(27(18)25-15)9-10-26(19(14)28)20-22-12(2)23-24-20/h4-11H,3H2,1-2H3,(H,22,23,24). The van der Waals surface area contributed by atoms with Crippen molar-refractivity contribution in [3.63, 3.8) is 0 Å². The number of nitrogens with one attached hydrogen (secondary N) is 1. The van der Waals surface area contributed by atoms with Gasteiger partial charge in [-0.15, -0.1) is 5.10 Å². The first-order chi connectivity index (χ1) is 13.7. The fourth-order valence-corrected chi connectivity index (χ4v) is 3.46. The Labute approximate surface area is 159 Å². The van der Waals surface area contributed by atoms with Gasteiger partial charge in [0, 0.05) is 18.0 Å². The first-order valence-electron chi connectivity index (χ1n) is 9.04. The van der Waals surface area contributed by atoms with Gasteiger partial charge in [-0.1, -0.05) is 37.3 Å². The predicted octanol–water partition coefficient (Wildman–Crippen LogP) is 2.69. The lowest BCUT2D eigenvalue weighted by Crippen LogP contribution is -2.20. The SMILES string of the molecule is CCc1nn2c(ncc3c(=O)n(-c4n[nH]c(C)n4)ccc32)c1-c1ccccc1. The number of aromatic amines is 1. The molecule has 138 valence electrons. The van der Waals surface area contributed by atoms with E-state index >= 15 is 0 Å². The van der Waals surface area contributed by atoms with E-state index in [1.54, 1.807) is 23.8 Å². The number of benzene rings is 1. The van der Waals surface area contributed by atoms with Gasteiger partial charge in [0.2, 0.25) is 0 Å². The van der Waals surface area contributed by atoms with Crippen molar-refractivity contribution in [2.75, 3.05) is 0 Å². The maximum absolute atomic E-state index is 13.0. The van der Waals surface area contributed by atoms with Crippen molar-refractivity contribution in [3.05, 3.63) is 70.7 Å². The molecule has 0 saturated heterocycles. The zero-order valence-electron chi connectivity index (χ0n) is 15.4. The van der Waals surface area contributed by atoms with Crippen LogP contribution < -0.4 is 5.56 Å². The lowest BCUT2D eigenvalue weighted by atomic mass is 10.0. The molecule has 0 fully saturated rings. The van der Waals surface area contributed by atoms with Crippen molar-refractivity contribution in [2.24, 2.45) is 0 Å². The molecule has 0 saturated carbocycles. The fraction of sp³-hybridized carbons (Fsp3) is 0.150. The van der Waals surface area contributed by atoms with Gasteiger partial charge in [0.15, 0.2) is 5.65 Å². The number of pyridine rings is 1. The molecular formula is C20H17N7O. The molecular weight excluding hydrogens is 354 g/mol. The number of nitrogens with zero attached hydrogens (tertiary/aromatic N) is 6. The molecule has 28 heavy (non-hydrogen) atoms. The summed E-state index contributed by atoms with van der Waals surface area (Å²) >= 11 is 0. The largest absolute Gasteiger partial charge is 0.268 e. The molecule has 5 rings (SSSR count). The van der Waals surface area contributed by atoms with E-state index in [-0.39, 0.29) is 5.56 Å². The van der Waals surface area contributed by atoms with Crippen LogP contribution >= 0.6 is 0 Å². The third kappa shape index (κ3) is 2.34. The highest BCUT2D eigenvalue weighted by molar-refractivity contribution is 5.86. The van der Waals surface area contributed by atoms with Gasteiger partial charge in [-0.05, 0) is 25.0 Å². The van der Waals surface area contributed by atoms with Crippen molar-refractivity contribution in [2.45, 2.75) is 20.3 Å². The highest BCUT2D eigenvalue weighted by Crippen LogP contribution is 2.29. The first-order valence-corrected chi connectivity index (χ1v) is 9.04. The van der Waals surface area contributed by atoms with Gasteiger partial charge in [0.25, 0.3) is 11.5 Å². The van der Waals surface area contributed by atoms with Crippen molar-refractivity contribution in [1.29, 1.82) is 0 Å². The van der Waals surface area contributed by atoms with E-state index in [1.165, 1.54) is 4.57 Å². The van der Waals surface area contributed by atoms with Gasteiger partial charge in [-0.25, -0.2) is 14.1 Å². The minimum atomic E-state index is -0.235. The van der Waals surface area contributed by atoms with Gasteiger partial charge in [-0.2, -0.15) is 10.1 Å². The van der Waals surface area contributed by atoms with Crippen molar-refractivity contribution >= 4 is 16.6 Å². The normalized spacial score (nSPS) is 11.5. The Morgan fingerprint density at radius 3 is 2.68 bits per heavy atom. The van der Waals surface area contributed by atoms with Crippen molar-refractivity contribution in [3.8, 4) is 17.1 Å². The van der Waals surface area contributed by atoms with Crippen LogP contribution in [0.25, 0.3) is 33.6 Å². The summed E-state index contributed by atoms with van der Waals surface area (Å²) in [6.45, 7) is 3.85. The molecule has 0 radical (unpaired) electrons. The van der Waals surface area contributed by atoms with Crippen LogP contribution in [0.3, 0.4) is 0 Å². The van der Waals surface area contributed by atoms with Gasteiger partial charge in [-0.3, -0.25) is 9.89 Å². The number of hydrogen-bond donors (Lipinski definition) is 1. The van der Waals surface area contributed by atoms with E-state index < -0.39 is 0 Å². The number of aromatic nitrogens is 7. The lowest BCUT2D eigenvalue weighted by Gasteiger charge is -2.05. The van der Waals surface area contributed by atoms with Crippen molar-refractivity contribution < 1.29 is 0 Å². The van der Waals surface area contributed by atoms with Crippen molar-refractivity contribution in [1.82, 2.24) is 34.3 Å². The summed E-state index contributed by atoms with van der Waals surface area (Å²) in [7, 11) is 0. The first kappa shape index (κ1) is 16.4. The predicted molar refractivity (Wildman–Crippen MR) is 106 cm³/mol. The van der Waals surface area contributed by atoms with Crippen LogP contribution in [0.1, 0.15) is 18.4 Å². The fourth-order valence-electron chi connectivity index (χ4n) is 3.46. The van der Waals surface area contributed by atoms with Crippen LogP contribution in [0.2, 0.25) is 0 Å². The molecule has 0 aliphatic heterocycles. The molecule has 0 unspecified atom stereocenters. The Morgan fingerprint density at radius 2 is 1.96 bits per heavy atom. The maximum atomic E-state index is 13.0. The molecule has 1 aromatic carbocycles. The molecule has 0 amide bonds. The Morgan fingerprint density at radius 1 is 1.14 bits per heavy atom. The summed E-state index contributed by atoms with van der Waals surface area (Å²) < 4.78 is 3.16. The zero-order chi connectivity index (χ0) is 19.3. The summed E-state index contributed by atoms with van der Waals surface area (Å²) in [6.07, 6.45) is 4.04. The van der Waals surface area contributed by atoms with Crippen LogP contribution in [0.15, 0.2) is 53.6 Å². The molecule has 0 spiro atoms. The van der Waals surface area contributed by atoms with Gasteiger partial charge < -0.3 is 0 Å². The summed E-state index contributed by atoms with van der Waals surface area (Å²) in [4.78, 5) is 21.8. The monoisotopic (exact) mass is 371 g/mol. The second-order valence-corrected chi connectivity index (χ2v) is 6.55. The number of aryl methyl sites for hydroxylation is 2. The smallest absolute Gasteiger partial charge is 0.268 e. The van der Waals surface area contributed by atoms with E-state index in [4.69, 9.17) is 5.10 Å². The summed E-state index contributed by atoms with van der Waals surface area (Å²) in [5.74, 6) is 0.951. The van der Waals surface area contributed by atoms with E-state index in [1.807, 2.05) is 36.4 Å². The molecule has 4 aromatic heterocycles. The Kier molecular flexibility index (Phi) is 3.58. The van der Waals surface area contributed by atoms with Crippen LogP contribution in [0.5, 0.6) is 0 Å². The highest BCUT2D eigenvalue weighted by atomic mass is 16.1. The van der Waals surface area contributed by atoms with Crippen LogP contribution in [0, 0.1) is 6.92 Å². The quantitative estimate of drug-likeness (QED) is 0.526. The van der Waals surface area contributed by atoms with Gasteiger partial charge >= 0.3 is 0 Å². The van der Waals surface area contributed by atoms with Gasteiger partial charge in [0.1, 0.15) is 5.82 Å². The summed E-state index contributed by atoms with van der Waals surface area (Å²) in [5.41, 5.74) is 4.21. The van der Waals surface area contributed by atoms with E-state index in [0.717, 1.165) is 28.9 Å². The number of H-pyrrole nitrogens is 1. The lowest BCUT2D eigenvalue weighted by molar-refractivity contribution is 0.885. The molecule has 0 aliphatic carbocycles. The third-order valence-corrected chi connectivity index (χ3v) is 4.78. The molecule has 8 nitrogen and oxygen atoms in total. The minimum absolute atomic E-state index is 0.235. The molecule has 1 N–H and O–H groups in total. The van der Waals surface area contributed by atoms with Crippen LogP contribution in [-0.4, -0.2) is 34.3 Å². The molecule has 0 atom stereocenters. The van der Waals surface area contributed by atoms with E-state index in [9.17, 15) is 4.79 Å². The average molecular weight is 371 g/mol. The third-order valence-electron chi connectivity index (χ3n) is 4.78. The molecule has 5 aromatic rings. The Bertz CT molecular complexity index is 1380. The van der Waals surface area contributed by atoms with E-state index in [2.05, 4.69) is 27.1 Å². The average Bonchev–Trinajstić information content (AvgIpc) is 3.32. The topological polar surface area (TPSA) is 93.8 Å². The second kappa shape index (κ2) is 6.12. The van der Waals surface area contributed by atoms with Gasteiger partial charge in [0.05, 0.1) is 16.6 Å². The zero-order valence-corrected chi connectivity index (χ0v) is 15.4. The molecule has 0 bridgehead atoms. The molecule has 0 aliphatic rings. The number of fused-ring (bicyclic) bond motifs is 3. The second-order valence-electron chi connectivity index (χ2n) is 6.55. The number of hydrogen-bond acceptors (Lipinski definition) is 5. The Balaban J connectivity index is 1.81. The van der Waals surface area contributed by atoms with Crippen LogP contribution in [-0.2, 0) is 6.42 Å². The van der Waals surface area contributed by atoms with Crippen LogP contribution in [0.4, 0.5) is 0 Å². The Hall–Kier alpha value is -3.81.